The molecule has 6 nitrogen and oxygen atoms in total. The fraction of sp³-hybridized carbons (Fsp3) is 0.632. The van der Waals surface area contributed by atoms with Crippen molar-refractivity contribution in [3.8, 4) is 11.5 Å². The van der Waals surface area contributed by atoms with Crippen LogP contribution in [0.3, 0.4) is 0 Å². The highest BCUT2D eigenvalue weighted by molar-refractivity contribution is 5.68. The van der Waals surface area contributed by atoms with Crippen molar-refractivity contribution < 1.29 is 24.1 Å². The van der Waals surface area contributed by atoms with E-state index in [-0.39, 0.29) is 19.3 Å². The Labute approximate surface area is 150 Å². The molecule has 0 bridgehead atoms. The van der Waals surface area contributed by atoms with Gasteiger partial charge in [0.1, 0.15) is 23.7 Å². The van der Waals surface area contributed by atoms with Gasteiger partial charge in [-0.1, -0.05) is 13.0 Å². The summed E-state index contributed by atoms with van der Waals surface area (Å²) in [6.45, 7) is 7.74. The van der Waals surface area contributed by atoms with Crippen LogP contribution in [0.4, 0.5) is 4.79 Å². The summed E-state index contributed by atoms with van der Waals surface area (Å²) in [7, 11) is 1.60. The average molecular weight is 353 g/mol. The zero-order valence-electron chi connectivity index (χ0n) is 15.9. The maximum absolute atomic E-state index is 11.9. The van der Waals surface area contributed by atoms with E-state index in [0.29, 0.717) is 11.5 Å². The number of carbonyl (C=O) groups is 1. The third-order valence-electron chi connectivity index (χ3n) is 3.60. The van der Waals surface area contributed by atoms with Gasteiger partial charge in [-0.05, 0) is 51.7 Å². The first-order chi connectivity index (χ1) is 11.8. The molecule has 0 fully saturated rings. The van der Waals surface area contributed by atoms with Crippen molar-refractivity contribution in [1.29, 1.82) is 0 Å². The molecular weight excluding hydrogens is 322 g/mol. The molecule has 0 saturated carbocycles. The van der Waals surface area contributed by atoms with Crippen molar-refractivity contribution in [2.45, 2.75) is 58.6 Å². The number of aliphatic hydroxyl groups is 1. The van der Waals surface area contributed by atoms with Crippen LogP contribution in [0.15, 0.2) is 18.2 Å². The second kappa shape index (κ2) is 10.1. The minimum atomic E-state index is -0.510. The number of hydrogen-bond donors (Lipinski definition) is 2. The van der Waals surface area contributed by atoms with Crippen molar-refractivity contribution in [2.75, 3.05) is 20.3 Å². The van der Waals surface area contributed by atoms with E-state index in [0.717, 1.165) is 24.8 Å². The molecule has 1 amide bonds. The van der Waals surface area contributed by atoms with Crippen LogP contribution in [-0.4, -0.2) is 43.2 Å². The average Bonchev–Trinajstić information content (AvgIpc) is 2.55. The molecule has 0 aliphatic rings. The van der Waals surface area contributed by atoms with Gasteiger partial charge in [-0.15, -0.1) is 0 Å². The maximum Gasteiger partial charge on any atom is 0.407 e. The molecule has 0 heterocycles. The molecule has 1 aromatic carbocycles. The number of hydrogen-bond acceptors (Lipinski definition) is 5. The largest absolute Gasteiger partial charge is 0.497 e. The Morgan fingerprint density at radius 3 is 2.60 bits per heavy atom. The number of aryl methyl sites for hydroxylation is 1. The predicted octanol–water partition coefficient (Wildman–Crippen LogP) is 3.30. The normalized spacial score (nSPS) is 12.4. The van der Waals surface area contributed by atoms with Crippen molar-refractivity contribution in [2.24, 2.45) is 0 Å². The van der Waals surface area contributed by atoms with E-state index in [4.69, 9.17) is 19.3 Å². The van der Waals surface area contributed by atoms with Crippen molar-refractivity contribution in [1.82, 2.24) is 5.32 Å². The van der Waals surface area contributed by atoms with Crippen LogP contribution in [0, 0.1) is 0 Å². The SMILES string of the molecule is CC[C@H](CCc1ccc(OC)cc1OCCO)NC(=O)OC(C)(C)C. The van der Waals surface area contributed by atoms with E-state index in [1.165, 1.54) is 0 Å². The molecule has 0 aliphatic heterocycles. The summed E-state index contributed by atoms with van der Waals surface area (Å²) < 4.78 is 16.1. The van der Waals surface area contributed by atoms with Crippen LogP contribution in [0.5, 0.6) is 11.5 Å². The Morgan fingerprint density at radius 2 is 2.04 bits per heavy atom. The third kappa shape index (κ3) is 8.12. The zero-order chi connectivity index (χ0) is 18.9. The van der Waals surface area contributed by atoms with Crippen LogP contribution in [0.2, 0.25) is 0 Å². The Bertz CT molecular complexity index is 539. The minimum absolute atomic E-state index is 0.0163. The first kappa shape index (κ1) is 21.1. The highest BCUT2D eigenvalue weighted by atomic mass is 16.6. The fourth-order valence-electron chi connectivity index (χ4n) is 2.34. The highest BCUT2D eigenvalue weighted by Crippen LogP contribution is 2.26. The number of carbonyl (C=O) groups excluding carboxylic acids is 1. The van der Waals surface area contributed by atoms with Gasteiger partial charge in [0.2, 0.25) is 0 Å². The van der Waals surface area contributed by atoms with Gasteiger partial charge in [0.25, 0.3) is 0 Å². The van der Waals surface area contributed by atoms with Crippen molar-refractivity contribution in [3.05, 3.63) is 23.8 Å². The van der Waals surface area contributed by atoms with Crippen molar-refractivity contribution in [3.63, 3.8) is 0 Å². The molecule has 0 radical (unpaired) electrons. The van der Waals surface area contributed by atoms with Crippen LogP contribution in [0.1, 0.15) is 46.1 Å². The molecule has 1 aromatic rings. The van der Waals surface area contributed by atoms with Crippen LogP contribution >= 0.6 is 0 Å². The second-order valence-corrected chi connectivity index (χ2v) is 6.84. The predicted molar refractivity (Wildman–Crippen MR) is 97.3 cm³/mol. The van der Waals surface area contributed by atoms with Crippen LogP contribution in [0.25, 0.3) is 0 Å². The molecule has 142 valence electrons. The van der Waals surface area contributed by atoms with Gasteiger partial charge in [-0.25, -0.2) is 4.79 Å². The van der Waals surface area contributed by atoms with Gasteiger partial charge >= 0.3 is 6.09 Å². The summed E-state index contributed by atoms with van der Waals surface area (Å²) in [5.74, 6) is 1.40. The third-order valence-corrected chi connectivity index (χ3v) is 3.60. The standard InChI is InChI=1S/C19H31NO5/c1-6-15(20-18(22)25-19(2,3)4)9-7-14-8-10-16(23-5)13-17(14)24-12-11-21/h8,10,13,15,21H,6-7,9,11-12H2,1-5H3,(H,20,22)/t15-/m1/s1. The van der Waals surface area contributed by atoms with Gasteiger partial charge in [0, 0.05) is 12.1 Å². The molecule has 2 N–H and O–H groups in total. The van der Waals surface area contributed by atoms with Crippen LogP contribution < -0.4 is 14.8 Å². The first-order valence-corrected chi connectivity index (χ1v) is 8.69. The summed E-state index contributed by atoms with van der Waals surface area (Å²) in [4.78, 5) is 11.9. The molecule has 0 unspecified atom stereocenters. The summed E-state index contributed by atoms with van der Waals surface area (Å²) in [6.07, 6.45) is 1.91. The van der Waals surface area contributed by atoms with Crippen molar-refractivity contribution >= 4 is 6.09 Å². The van der Waals surface area contributed by atoms with Gasteiger partial charge < -0.3 is 24.6 Å². The molecule has 6 heteroatoms. The number of rotatable bonds is 9. The summed E-state index contributed by atoms with van der Waals surface area (Å²) in [5, 5.41) is 11.9. The molecule has 0 saturated heterocycles. The molecule has 0 spiro atoms. The van der Waals surface area contributed by atoms with Gasteiger partial charge in [0.15, 0.2) is 0 Å². The minimum Gasteiger partial charge on any atom is -0.497 e. The van der Waals surface area contributed by atoms with E-state index >= 15 is 0 Å². The summed E-state index contributed by atoms with van der Waals surface area (Å²) in [6, 6.07) is 5.66. The highest BCUT2D eigenvalue weighted by Gasteiger charge is 2.19. The monoisotopic (exact) mass is 353 g/mol. The number of alkyl carbamates (subject to hydrolysis) is 1. The molecular formula is C19H31NO5. The molecule has 1 rings (SSSR count). The first-order valence-electron chi connectivity index (χ1n) is 8.69. The van der Waals surface area contributed by atoms with E-state index in [2.05, 4.69) is 5.32 Å². The molecule has 0 aliphatic carbocycles. The van der Waals surface area contributed by atoms with Crippen LogP contribution in [-0.2, 0) is 11.2 Å². The number of ether oxygens (including phenoxy) is 3. The maximum atomic E-state index is 11.9. The van der Waals surface area contributed by atoms with E-state index in [1.54, 1.807) is 7.11 Å². The number of amides is 1. The fourth-order valence-corrected chi connectivity index (χ4v) is 2.34. The summed E-state index contributed by atoms with van der Waals surface area (Å²) >= 11 is 0. The number of methoxy groups -OCH3 is 1. The second-order valence-electron chi connectivity index (χ2n) is 6.84. The van der Waals surface area contributed by atoms with Gasteiger partial charge in [0.05, 0.1) is 13.7 Å². The Kier molecular flexibility index (Phi) is 8.55. The molecule has 1 atom stereocenters. The number of nitrogens with one attached hydrogen (secondary N) is 1. The Hall–Kier alpha value is -1.95. The number of aliphatic hydroxyl groups excluding tert-OH is 1. The Morgan fingerprint density at radius 1 is 1.32 bits per heavy atom. The lowest BCUT2D eigenvalue weighted by molar-refractivity contribution is 0.0500. The van der Waals surface area contributed by atoms with Gasteiger partial charge in [-0.3, -0.25) is 0 Å². The molecule has 0 aromatic heterocycles. The lowest BCUT2D eigenvalue weighted by atomic mass is 10.0. The topological polar surface area (TPSA) is 77.0 Å². The van der Waals surface area contributed by atoms with E-state index < -0.39 is 11.7 Å². The smallest absolute Gasteiger partial charge is 0.407 e. The molecule has 25 heavy (non-hydrogen) atoms. The van der Waals surface area contributed by atoms with E-state index in [1.807, 2.05) is 45.9 Å². The quantitative estimate of drug-likeness (QED) is 0.712. The zero-order valence-corrected chi connectivity index (χ0v) is 15.9. The lowest BCUT2D eigenvalue weighted by Gasteiger charge is -2.23. The number of benzene rings is 1. The summed E-state index contributed by atoms with van der Waals surface area (Å²) in [5.41, 5.74) is 0.502. The lowest BCUT2D eigenvalue weighted by Crippen LogP contribution is -2.39. The van der Waals surface area contributed by atoms with E-state index in [9.17, 15) is 4.79 Å². The Balaban J connectivity index is 2.68. The van der Waals surface area contributed by atoms with Gasteiger partial charge in [-0.2, -0.15) is 0 Å².